The van der Waals surface area contributed by atoms with Crippen LogP contribution in [0.4, 0.5) is 11.6 Å². The van der Waals surface area contributed by atoms with Crippen LogP contribution in [0.1, 0.15) is 17.0 Å². The molecule has 7 nitrogen and oxygen atoms in total. The van der Waals surface area contributed by atoms with Crippen molar-refractivity contribution in [2.75, 3.05) is 24.3 Å². The molecule has 0 bridgehead atoms. The fourth-order valence-electron chi connectivity index (χ4n) is 2.08. The fourth-order valence-corrected chi connectivity index (χ4v) is 2.08. The van der Waals surface area contributed by atoms with Crippen LogP contribution < -0.4 is 10.2 Å². The quantitative estimate of drug-likeness (QED) is 0.911. The van der Waals surface area contributed by atoms with Crippen LogP contribution in [0, 0.1) is 13.8 Å². The van der Waals surface area contributed by atoms with Gasteiger partial charge in [-0.05, 0) is 13.8 Å². The smallest absolute Gasteiger partial charge is 0.230 e. The second kappa shape index (κ2) is 5.90. The van der Waals surface area contributed by atoms with Gasteiger partial charge in [0.15, 0.2) is 0 Å². The molecule has 7 heteroatoms. The average molecular weight is 288 g/mol. The Morgan fingerprint density at radius 3 is 2.62 bits per heavy atom. The van der Waals surface area contributed by atoms with Crippen molar-refractivity contribution in [3.63, 3.8) is 0 Å². The van der Waals surface area contributed by atoms with E-state index in [1.54, 1.807) is 10.7 Å². The molecule has 0 aliphatic heterocycles. The van der Waals surface area contributed by atoms with Gasteiger partial charge < -0.3 is 10.2 Å². The van der Waals surface area contributed by atoms with Crippen molar-refractivity contribution in [2.45, 2.75) is 20.3 Å². The molecule has 2 rings (SSSR count). The largest absolute Gasteiger partial charge is 0.363 e. The molecule has 0 aliphatic carbocycles. The standard InChI is InChI=1S/C14H20N6O/c1-9-11(10(2)20(5)18-9)6-14(21)17-12-7-13(19(3)4)16-8-15-12/h7-8H,6H2,1-5H3,(H,15,16,17,21). The summed E-state index contributed by atoms with van der Waals surface area (Å²) in [6.07, 6.45) is 1.72. The molecule has 0 spiro atoms. The van der Waals surface area contributed by atoms with E-state index in [-0.39, 0.29) is 12.3 Å². The lowest BCUT2D eigenvalue weighted by atomic mass is 10.1. The number of anilines is 2. The van der Waals surface area contributed by atoms with Crippen LogP contribution in [0.25, 0.3) is 0 Å². The summed E-state index contributed by atoms with van der Waals surface area (Å²) in [6.45, 7) is 3.86. The molecule has 0 radical (unpaired) electrons. The molecule has 112 valence electrons. The molecule has 2 aromatic heterocycles. The molecule has 0 atom stereocenters. The monoisotopic (exact) mass is 288 g/mol. The van der Waals surface area contributed by atoms with Gasteiger partial charge in [-0.25, -0.2) is 9.97 Å². The highest BCUT2D eigenvalue weighted by molar-refractivity contribution is 5.91. The number of hydrogen-bond donors (Lipinski definition) is 1. The van der Waals surface area contributed by atoms with Crippen molar-refractivity contribution >= 4 is 17.5 Å². The van der Waals surface area contributed by atoms with Crippen LogP contribution in [0.3, 0.4) is 0 Å². The lowest BCUT2D eigenvalue weighted by molar-refractivity contribution is -0.115. The number of carbonyl (C=O) groups excluding carboxylic acids is 1. The van der Waals surface area contributed by atoms with E-state index >= 15 is 0 Å². The first-order valence-electron chi connectivity index (χ1n) is 6.66. The number of rotatable bonds is 4. The normalized spacial score (nSPS) is 10.5. The maximum Gasteiger partial charge on any atom is 0.230 e. The molecule has 1 amide bonds. The summed E-state index contributed by atoms with van der Waals surface area (Å²) in [5.74, 6) is 1.13. The molecule has 0 unspecified atom stereocenters. The zero-order valence-corrected chi connectivity index (χ0v) is 13.0. The average Bonchev–Trinajstić information content (AvgIpc) is 2.65. The summed E-state index contributed by atoms with van der Waals surface area (Å²) in [5, 5.41) is 7.11. The van der Waals surface area contributed by atoms with Crippen LogP contribution in [-0.2, 0) is 18.3 Å². The Morgan fingerprint density at radius 2 is 2.05 bits per heavy atom. The molecule has 0 aromatic carbocycles. The van der Waals surface area contributed by atoms with E-state index in [2.05, 4.69) is 20.4 Å². The van der Waals surface area contributed by atoms with Crippen LogP contribution in [0.2, 0.25) is 0 Å². The molecule has 1 N–H and O–H groups in total. The summed E-state index contributed by atoms with van der Waals surface area (Å²) in [6, 6.07) is 1.74. The van der Waals surface area contributed by atoms with E-state index < -0.39 is 0 Å². The van der Waals surface area contributed by atoms with Crippen LogP contribution >= 0.6 is 0 Å². The Bertz CT molecular complexity index is 661. The maximum absolute atomic E-state index is 12.2. The predicted molar refractivity (Wildman–Crippen MR) is 81.4 cm³/mol. The number of amides is 1. The molecular weight excluding hydrogens is 268 g/mol. The van der Waals surface area contributed by atoms with E-state index in [4.69, 9.17) is 0 Å². The molecule has 0 saturated heterocycles. The molecule has 2 aromatic rings. The SMILES string of the molecule is Cc1nn(C)c(C)c1CC(=O)Nc1cc(N(C)C)ncn1. The minimum absolute atomic E-state index is 0.113. The zero-order chi connectivity index (χ0) is 15.6. The summed E-state index contributed by atoms with van der Waals surface area (Å²) in [5.41, 5.74) is 2.83. The number of carbonyl (C=O) groups is 1. The first kappa shape index (κ1) is 15.0. The van der Waals surface area contributed by atoms with Crippen LogP contribution in [0.5, 0.6) is 0 Å². The number of aromatic nitrogens is 4. The predicted octanol–water partition coefficient (Wildman–Crippen LogP) is 1.07. The molecule has 0 aliphatic rings. The van der Waals surface area contributed by atoms with Gasteiger partial charge in [-0.15, -0.1) is 0 Å². The molecule has 0 fully saturated rings. The van der Waals surface area contributed by atoms with Gasteiger partial charge in [0, 0.05) is 38.5 Å². The third-order valence-electron chi connectivity index (χ3n) is 3.37. The van der Waals surface area contributed by atoms with Crippen LogP contribution in [0.15, 0.2) is 12.4 Å². The molecule has 2 heterocycles. The van der Waals surface area contributed by atoms with Crippen LogP contribution in [-0.4, -0.2) is 39.8 Å². The lowest BCUT2D eigenvalue weighted by Gasteiger charge is -2.12. The highest BCUT2D eigenvalue weighted by Gasteiger charge is 2.14. The second-order valence-corrected chi connectivity index (χ2v) is 5.15. The Labute approximate surface area is 124 Å². The Kier molecular flexibility index (Phi) is 4.21. The molecular formula is C14H20N6O. The van der Waals surface area contributed by atoms with Gasteiger partial charge in [0.05, 0.1) is 12.1 Å². The van der Waals surface area contributed by atoms with E-state index in [0.29, 0.717) is 5.82 Å². The zero-order valence-electron chi connectivity index (χ0n) is 13.0. The summed E-state index contributed by atoms with van der Waals surface area (Å²) < 4.78 is 1.78. The lowest BCUT2D eigenvalue weighted by Crippen LogP contribution is -2.17. The highest BCUT2D eigenvalue weighted by Crippen LogP contribution is 2.15. The van der Waals surface area contributed by atoms with Gasteiger partial charge in [0.2, 0.25) is 5.91 Å². The minimum atomic E-state index is -0.113. The van der Waals surface area contributed by atoms with Gasteiger partial charge in [-0.1, -0.05) is 0 Å². The van der Waals surface area contributed by atoms with Crippen molar-refractivity contribution in [1.29, 1.82) is 0 Å². The molecule has 0 saturated carbocycles. The van der Waals surface area contributed by atoms with Gasteiger partial charge in [0.1, 0.15) is 18.0 Å². The second-order valence-electron chi connectivity index (χ2n) is 5.15. The Morgan fingerprint density at radius 1 is 1.33 bits per heavy atom. The van der Waals surface area contributed by atoms with Crippen molar-refractivity contribution in [3.05, 3.63) is 29.3 Å². The van der Waals surface area contributed by atoms with E-state index in [0.717, 1.165) is 22.8 Å². The third kappa shape index (κ3) is 3.36. The van der Waals surface area contributed by atoms with Gasteiger partial charge >= 0.3 is 0 Å². The van der Waals surface area contributed by atoms with E-state index in [9.17, 15) is 4.79 Å². The fraction of sp³-hybridized carbons (Fsp3) is 0.429. The van der Waals surface area contributed by atoms with Crippen molar-refractivity contribution in [3.8, 4) is 0 Å². The number of aryl methyl sites for hydroxylation is 2. The van der Waals surface area contributed by atoms with Crippen molar-refractivity contribution in [2.24, 2.45) is 7.05 Å². The Balaban J connectivity index is 2.10. The third-order valence-corrected chi connectivity index (χ3v) is 3.37. The molecule has 21 heavy (non-hydrogen) atoms. The summed E-state index contributed by atoms with van der Waals surface area (Å²) in [4.78, 5) is 22.2. The first-order chi connectivity index (χ1) is 9.88. The maximum atomic E-state index is 12.2. The van der Waals surface area contributed by atoms with Gasteiger partial charge in [0.25, 0.3) is 0 Å². The summed E-state index contributed by atoms with van der Waals surface area (Å²) in [7, 11) is 5.64. The number of nitrogens with zero attached hydrogens (tertiary/aromatic N) is 5. The van der Waals surface area contributed by atoms with E-state index in [1.165, 1.54) is 6.33 Å². The number of hydrogen-bond acceptors (Lipinski definition) is 5. The van der Waals surface area contributed by atoms with Crippen molar-refractivity contribution < 1.29 is 4.79 Å². The first-order valence-corrected chi connectivity index (χ1v) is 6.66. The topological polar surface area (TPSA) is 75.9 Å². The van der Waals surface area contributed by atoms with E-state index in [1.807, 2.05) is 39.9 Å². The van der Waals surface area contributed by atoms with Gasteiger partial charge in [-0.2, -0.15) is 5.10 Å². The van der Waals surface area contributed by atoms with Gasteiger partial charge in [-0.3, -0.25) is 9.48 Å². The Hall–Kier alpha value is -2.44. The summed E-state index contributed by atoms with van der Waals surface area (Å²) >= 11 is 0. The minimum Gasteiger partial charge on any atom is -0.363 e. The highest BCUT2D eigenvalue weighted by atomic mass is 16.1. The number of nitrogens with one attached hydrogen (secondary N) is 1. The van der Waals surface area contributed by atoms with Crippen molar-refractivity contribution in [1.82, 2.24) is 19.7 Å².